The summed E-state index contributed by atoms with van der Waals surface area (Å²) < 4.78 is 6.86. The summed E-state index contributed by atoms with van der Waals surface area (Å²) in [5.41, 5.74) is 3.47. The maximum Gasteiger partial charge on any atom is 0.231 e. The molecule has 6 nitrogen and oxygen atoms in total. The number of rotatable bonds is 13. The van der Waals surface area contributed by atoms with E-state index >= 15 is 0 Å². The summed E-state index contributed by atoms with van der Waals surface area (Å²) in [4.78, 5) is 8.80. The van der Waals surface area contributed by atoms with Gasteiger partial charge in [-0.15, -0.1) is 21.6 Å². The van der Waals surface area contributed by atoms with Crippen LogP contribution in [0.1, 0.15) is 56.9 Å². The summed E-state index contributed by atoms with van der Waals surface area (Å²) in [6.45, 7) is 9.17. The molecule has 0 aliphatic carbocycles. The number of ether oxygens (including phenoxy) is 1. The Bertz CT molecular complexity index is 1380. The molecule has 4 aromatic rings. The van der Waals surface area contributed by atoms with Gasteiger partial charge < -0.3 is 9.64 Å². The number of allylic oxidation sites excluding steroid dienone is 1. The highest BCUT2D eigenvalue weighted by molar-refractivity contribution is 7.29. The van der Waals surface area contributed by atoms with Crippen LogP contribution in [0.2, 0.25) is 0 Å². The van der Waals surface area contributed by atoms with Crippen molar-refractivity contribution in [3.8, 4) is 11.8 Å². The number of nitriles is 1. The number of thiazole rings is 1. The number of nitrogens with zero attached hydrogens (tertiary/aromatic N) is 5. The molecule has 0 amide bonds. The van der Waals surface area contributed by atoms with Crippen LogP contribution in [0.5, 0.6) is 5.75 Å². The Balaban J connectivity index is 1.40. The van der Waals surface area contributed by atoms with E-state index in [2.05, 4.69) is 65.2 Å². The molecule has 0 saturated heterocycles. The van der Waals surface area contributed by atoms with Crippen LogP contribution in [-0.2, 0) is 0 Å². The molecule has 0 fully saturated rings. The minimum Gasteiger partial charge on any atom is -0.494 e. The minimum atomic E-state index is 0.612. The van der Waals surface area contributed by atoms with Gasteiger partial charge in [0, 0.05) is 23.7 Å². The van der Waals surface area contributed by atoms with Crippen LogP contribution in [-0.4, -0.2) is 24.7 Å². The van der Waals surface area contributed by atoms with Gasteiger partial charge in [0.1, 0.15) is 10.6 Å². The fraction of sp³-hybridized carbons (Fsp3) is 0.333. The van der Waals surface area contributed by atoms with E-state index in [1.54, 1.807) is 11.3 Å². The van der Waals surface area contributed by atoms with E-state index in [1.807, 2.05) is 42.5 Å². The van der Waals surface area contributed by atoms with Crippen molar-refractivity contribution in [2.24, 2.45) is 10.2 Å². The van der Waals surface area contributed by atoms with Crippen LogP contribution in [0.25, 0.3) is 21.2 Å². The zero-order chi connectivity index (χ0) is 26.7. The molecular weight excluding hydrogens is 510 g/mol. The number of unbranched alkanes of at least 4 members (excludes halogenated alkanes) is 3. The minimum absolute atomic E-state index is 0.612. The van der Waals surface area contributed by atoms with E-state index in [-0.39, 0.29) is 0 Å². The van der Waals surface area contributed by atoms with Crippen molar-refractivity contribution in [1.29, 1.82) is 5.26 Å². The molecule has 0 aliphatic heterocycles. The molecule has 196 valence electrons. The zero-order valence-corrected chi connectivity index (χ0v) is 23.8. The number of hydrogen-bond donors (Lipinski definition) is 0. The topological polar surface area (TPSA) is 73.9 Å². The second-order valence-electron chi connectivity index (χ2n) is 8.81. The SMILES string of the molecule is CCCCCCOc1ccc(/C(C#N)=C/c2cc3sc(N=Nc4ccc(N(CC)CC)cc4)nc3s2)cc1. The standard InChI is InChI=1S/C30H33N5OS2/c1-4-7-8-9-18-36-26-16-10-22(11-17-26)23(21-31)19-27-20-28-29(37-27)32-30(38-28)34-33-24-12-14-25(15-13-24)35(5-2)6-3/h10-17,19-20H,4-9,18H2,1-3H3/b23-19+,34-33?. The highest BCUT2D eigenvalue weighted by atomic mass is 32.1. The zero-order valence-electron chi connectivity index (χ0n) is 22.2. The van der Waals surface area contributed by atoms with Crippen LogP contribution in [0.4, 0.5) is 16.5 Å². The van der Waals surface area contributed by atoms with Crippen molar-refractivity contribution < 1.29 is 4.74 Å². The number of anilines is 1. The highest BCUT2D eigenvalue weighted by Crippen LogP contribution is 2.36. The molecule has 8 heteroatoms. The number of benzene rings is 2. The Morgan fingerprint density at radius 3 is 2.39 bits per heavy atom. The predicted octanol–water partition coefficient (Wildman–Crippen LogP) is 9.64. The number of fused-ring (bicyclic) bond motifs is 1. The van der Waals surface area contributed by atoms with E-state index in [4.69, 9.17) is 4.74 Å². The Morgan fingerprint density at radius 1 is 0.974 bits per heavy atom. The third-order valence-electron chi connectivity index (χ3n) is 6.17. The van der Waals surface area contributed by atoms with Gasteiger partial charge in [-0.25, -0.2) is 4.98 Å². The molecule has 0 atom stereocenters. The molecule has 0 saturated carbocycles. The molecule has 2 aromatic heterocycles. The maximum absolute atomic E-state index is 9.77. The van der Waals surface area contributed by atoms with E-state index in [0.29, 0.717) is 10.7 Å². The summed E-state index contributed by atoms with van der Waals surface area (Å²) >= 11 is 3.05. The Labute approximate surface area is 232 Å². The molecular formula is C30H33N5OS2. The summed E-state index contributed by atoms with van der Waals surface area (Å²) in [6.07, 6.45) is 6.63. The molecule has 2 aromatic carbocycles. The quantitative estimate of drug-likeness (QED) is 0.0955. The van der Waals surface area contributed by atoms with Crippen LogP contribution < -0.4 is 9.64 Å². The molecule has 0 bridgehead atoms. The number of aromatic nitrogens is 1. The monoisotopic (exact) mass is 543 g/mol. The van der Waals surface area contributed by atoms with Gasteiger partial charge in [0.25, 0.3) is 0 Å². The Morgan fingerprint density at radius 2 is 1.74 bits per heavy atom. The molecule has 0 spiro atoms. The second kappa shape index (κ2) is 13.8. The first-order chi connectivity index (χ1) is 18.6. The summed E-state index contributed by atoms with van der Waals surface area (Å²) in [6, 6.07) is 20.2. The molecule has 4 rings (SSSR count). The van der Waals surface area contributed by atoms with Gasteiger partial charge in [0.2, 0.25) is 5.13 Å². The Hall–Kier alpha value is -3.54. The van der Waals surface area contributed by atoms with Crippen LogP contribution in [0.15, 0.2) is 64.8 Å². The lowest BCUT2D eigenvalue weighted by atomic mass is 10.1. The van der Waals surface area contributed by atoms with Crippen LogP contribution in [0, 0.1) is 11.3 Å². The van der Waals surface area contributed by atoms with Crippen molar-refractivity contribution in [3.63, 3.8) is 0 Å². The van der Waals surface area contributed by atoms with Gasteiger partial charge in [-0.1, -0.05) is 37.5 Å². The van der Waals surface area contributed by atoms with E-state index in [0.717, 1.165) is 57.5 Å². The Kier molecular flexibility index (Phi) is 10.0. The number of azo groups is 1. The van der Waals surface area contributed by atoms with Crippen LogP contribution >= 0.6 is 22.7 Å². The second-order valence-corrected chi connectivity index (χ2v) is 10.9. The van der Waals surface area contributed by atoms with Gasteiger partial charge in [-0.3, -0.25) is 0 Å². The predicted molar refractivity (Wildman–Crippen MR) is 161 cm³/mol. The lowest BCUT2D eigenvalue weighted by molar-refractivity contribution is 0.305. The fourth-order valence-corrected chi connectivity index (χ4v) is 6.03. The van der Waals surface area contributed by atoms with Gasteiger partial charge in [0.05, 0.1) is 28.6 Å². The largest absolute Gasteiger partial charge is 0.494 e. The van der Waals surface area contributed by atoms with E-state index < -0.39 is 0 Å². The number of thiophene rings is 1. The maximum atomic E-state index is 9.77. The normalized spacial score (nSPS) is 11.8. The molecule has 0 N–H and O–H groups in total. The van der Waals surface area contributed by atoms with Gasteiger partial charge >= 0.3 is 0 Å². The first-order valence-corrected chi connectivity index (χ1v) is 14.8. The summed E-state index contributed by atoms with van der Waals surface area (Å²) in [7, 11) is 0. The van der Waals surface area contributed by atoms with E-state index in [1.165, 1.54) is 36.3 Å². The molecule has 2 heterocycles. The van der Waals surface area contributed by atoms with Crippen molar-refractivity contribution >= 4 is 60.4 Å². The van der Waals surface area contributed by atoms with Crippen LogP contribution in [0.3, 0.4) is 0 Å². The molecule has 0 unspecified atom stereocenters. The molecule has 0 radical (unpaired) electrons. The van der Waals surface area contributed by atoms with Crippen molar-refractivity contribution in [3.05, 3.63) is 65.0 Å². The van der Waals surface area contributed by atoms with Crippen molar-refractivity contribution in [2.75, 3.05) is 24.6 Å². The molecule has 0 aliphatic rings. The van der Waals surface area contributed by atoms with Gasteiger partial charge in [-0.05, 0) is 86.5 Å². The summed E-state index contributed by atoms with van der Waals surface area (Å²) in [5, 5.41) is 19.1. The lowest BCUT2D eigenvalue weighted by Gasteiger charge is -2.20. The van der Waals surface area contributed by atoms with E-state index in [9.17, 15) is 5.26 Å². The summed E-state index contributed by atoms with van der Waals surface area (Å²) in [5.74, 6) is 0.838. The average Bonchev–Trinajstić information content (AvgIpc) is 3.50. The third-order valence-corrected chi connectivity index (χ3v) is 8.16. The number of hydrogen-bond acceptors (Lipinski definition) is 8. The average molecular weight is 544 g/mol. The lowest BCUT2D eigenvalue weighted by Crippen LogP contribution is -2.21. The molecule has 38 heavy (non-hydrogen) atoms. The van der Waals surface area contributed by atoms with Crippen molar-refractivity contribution in [2.45, 2.75) is 46.5 Å². The highest BCUT2D eigenvalue weighted by Gasteiger charge is 2.10. The first kappa shape index (κ1) is 27.5. The van der Waals surface area contributed by atoms with Crippen molar-refractivity contribution in [1.82, 2.24) is 4.98 Å². The third kappa shape index (κ3) is 7.27. The van der Waals surface area contributed by atoms with Gasteiger partial charge in [0.15, 0.2) is 0 Å². The first-order valence-electron chi connectivity index (χ1n) is 13.2. The van der Waals surface area contributed by atoms with Gasteiger partial charge in [-0.2, -0.15) is 5.26 Å². The fourth-order valence-electron chi connectivity index (χ4n) is 4.05. The smallest absolute Gasteiger partial charge is 0.231 e.